The summed E-state index contributed by atoms with van der Waals surface area (Å²) in [5.74, 6) is 1.80. The van der Waals surface area contributed by atoms with E-state index in [4.69, 9.17) is 9.26 Å². The predicted molar refractivity (Wildman–Crippen MR) is 78.7 cm³/mol. The highest BCUT2D eigenvalue weighted by Crippen LogP contribution is 2.16. The Labute approximate surface area is 125 Å². The van der Waals surface area contributed by atoms with Gasteiger partial charge in [-0.15, -0.1) is 0 Å². The summed E-state index contributed by atoms with van der Waals surface area (Å²) >= 11 is 3.36. The fraction of sp³-hybridized carbons (Fsp3) is 0.286. The van der Waals surface area contributed by atoms with Crippen LogP contribution in [0.25, 0.3) is 0 Å². The number of aryl methyl sites for hydroxylation is 1. The van der Waals surface area contributed by atoms with E-state index in [1.54, 1.807) is 13.0 Å². The highest BCUT2D eigenvalue weighted by atomic mass is 79.9. The SMILES string of the molecule is Cc1cc(NC(=O)CCCOc2ccc(Br)cc2)no1. The molecule has 0 bridgehead atoms. The van der Waals surface area contributed by atoms with Gasteiger partial charge in [-0.3, -0.25) is 4.79 Å². The van der Waals surface area contributed by atoms with Crippen LogP contribution in [0, 0.1) is 6.92 Å². The number of amides is 1. The Balaban J connectivity index is 1.65. The summed E-state index contributed by atoms with van der Waals surface area (Å²) in [6, 6.07) is 9.25. The quantitative estimate of drug-likeness (QED) is 0.818. The molecule has 2 rings (SSSR count). The number of carbonyl (C=O) groups is 1. The highest BCUT2D eigenvalue weighted by Gasteiger charge is 2.06. The number of nitrogens with one attached hydrogen (secondary N) is 1. The van der Waals surface area contributed by atoms with Crippen molar-refractivity contribution in [3.05, 3.63) is 40.6 Å². The van der Waals surface area contributed by atoms with Crippen LogP contribution in [0.3, 0.4) is 0 Å². The molecule has 106 valence electrons. The highest BCUT2D eigenvalue weighted by molar-refractivity contribution is 9.10. The zero-order chi connectivity index (χ0) is 14.4. The van der Waals surface area contributed by atoms with Crippen LogP contribution >= 0.6 is 15.9 Å². The Bertz CT molecular complexity index is 566. The Morgan fingerprint density at radius 3 is 2.80 bits per heavy atom. The van der Waals surface area contributed by atoms with E-state index < -0.39 is 0 Å². The van der Waals surface area contributed by atoms with Gasteiger partial charge < -0.3 is 14.6 Å². The van der Waals surface area contributed by atoms with Crippen molar-refractivity contribution in [2.45, 2.75) is 19.8 Å². The van der Waals surface area contributed by atoms with E-state index >= 15 is 0 Å². The van der Waals surface area contributed by atoms with E-state index in [0.717, 1.165) is 10.2 Å². The molecule has 0 aliphatic heterocycles. The minimum atomic E-state index is -0.0993. The molecule has 5 nitrogen and oxygen atoms in total. The summed E-state index contributed by atoms with van der Waals surface area (Å²) in [6.07, 6.45) is 1.02. The third kappa shape index (κ3) is 4.70. The van der Waals surface area contributed by atoms with Gasteiger partial charge in [-0.25, -0.2) is 0 Å². The molecule has 0 aliphatic carbocycles. The lowest BCUT2D eigenvalue weighted by molar-refractivity contribution is -0.116. The molecule has 1 N–H and O–H groups in total. The number of hydrogen-bond acceptors (Lipinski definition) is 4. The van der Waals surface area contributed by atoms with Gasteiger partial charge in [-0.1, -0.05) is 21.1 Å². The second-order valence-electron chi connectivity index (χ2n) is 4.28. The fourth-order valence-corrected chi connectivity index (χ4v) is 1.85. The third-order valence-electron chi connectivity index (χ3n) is 2.53. The van der Waals surface area contributed by atoms with Crippen LogP contribution in [0.2, 0.25) is 0 Å². The lowest BCUT2D eigenvalue weighted by Crippen LogP contribution is -2.12. The number of halogens is 1. The predicted octanol–water partition coefficient (Wildman–Crippen LogP) is 3.54. The number of nitrogens with zero attached hydrogens (tertiary/aromatic N) is 1. The molecule has 0 unspecified atom stereocenters. The van der Waals surface area contributed by atoms with Crippen molar-refractivity contribution in [1.82, 2.24) is 5.16 Å². The van der Waals surface area contributed by atoms with Crippen molar-refractivity contribution >= 4 is 27.7 Å². The monoisotopic (exact) mass is 338 g/mol. The van der Waals surface area contributed by atoms with Crippen molar-refractivity contribution < 1.29 is 14.1 Å². The molecule has 0 atom stereocenters. The zero-order valence-electron chi connectivity index (χ0n) is 11.1. The molecule has 1 heterocycles. The maximum absolute atomic E-state index is 11.6. The van der Waals surface area contributed by atoms with Crippen molar-refractivity contribution in [2.24, 2.45) is 0 Å². The fourth-order valence-electron chi connectivity index (χ4n) is 1.58. The normalized spacial score (nSPS) is 10.3. The number of hydrogen-bond donors (Lipinski definition) is 1. The molecule has 6 heteroatoms. The summed E-state index contributed by atoms with van der Waals surface area (Å²) in [5, 5.41) is 6.36. The molecular weight excluding hydrogens is 324 g/mol. The van der Waals surface area contributed by atoms with Gasteiger partial charge in [0.2, 0.25) is 5.91 Å². The van der Waals surface area contributed by atoms with E-state index in [1.807, 2.05) is 24.3 Å². The number of benzene rings is 1. The molecular formula is C14H15BrN2O3. The number of ether oxygens (including phenoxy) is 1. The molecule has 1 amide bonds. The number of carbonyl (C=O) groups excluding carboxylic acids is 1. The van der Waals surface area contributed by atoms with Gasteiger partial charge in [-0.05, 0) is 37.6 Å². The largest absolute Gasteiger partial charge is 0.494 e. The smallest absolute Gasteiger partial charge is 0.225 e. The Kier molecular flexibility index (Phi) is 5.17. The minimum absolute atomic E-state index is 0.0993. The van der Waals surface area contributed by atoms with Crippen LogP contribution in [0.15, 0.2) is 39.3 Å². The van der Waals surface area contributed by atoms with Crippen LogP contribution in [0.5, 0.6) is 5.75 Å². The minimum Gasteiger partial charge on any atom is -0.494 e. The van der Waals surface area contributed by atoms with E-state index in [9.17, 15) is 4.79 Å². The van der Waals surface area contributed by atoms with Crippen LogP contribution in [-0.4, -0.2) is 17.7 Å². The summed E-state index contributed by atoms with van der Waals surface area (Å²) in [7, 11) is 0. The standard InChI is InChI=1S/C14H15BrN2O3/c1-10-9-13(17-20-10)16-14(18)3-2-8-19-12-6-4-11(15)5-7-12/h4-7,9H,2-3,8H2,1H3,(H,16,17,18). The first kappa shape index (κ1) is 14.6. The lowest BCUT2D eigenvalue weighted by Gasteiger charge is -2.06. The van der Waals surface area contributed by atoms with Crippen molar-refractivity contribution in [3.63, 3.8) is 0 Å². The first-order chi connectivity index (χ1) is 9.63. The molecule has 0 spiro atoms. The van der Waals surface area contributed by atoms with Gasteiger partial charge in [0.25, 0.3) is 0 Å². The first-order valence-electron chi connectivity index (χ1n) is 6.25. The van der Waals surface area contributed by atoms with E-state index in [1.165, 1.54) is 0 Å². The van der Waals surface area contributed by atoms with Crippen molar-refractivity contribution in [3.8, 4) is 5.75 Å². The molecule has 1 aromatic carbocycles. The molecule has 0 saturated heterocycles. The van der Waals surface area contributed by atoms with Gasteiger partial charge in [0.1, 0.15) is 11.5 Å². The Morgan fingerprint density at radius 2 is 2.15 bits per heavy atom. The van der Waals surface area contributed by atoms with Crippen molar-refractivity contribution in [1.29, 1.82) is 0 Å². The second-order valence-corrected chi connectivity index (χ2v) is 5.19. The third-order valence-corrected chi connectivity index (χ3v) is 3.05. The molecule has 0 saturated carbocycles. The Morgan fingerprint density at radius 1 is 1.40 bits per heavy atom. The molecule has 20 heavy (non-hydrogen) atoms. The first-order valence-corrected chi connectivity index (χ1v) is 7.04. The number of rotatable bonds is 6. The van der Waals surface area contributed by atoms with E-state index in [2.05, 4.69) is 26.4 Å². The summed E-state index contributed by atoms with van der Waals surface area (Å²) in [6.45, 7) is 2.27. The lowest BCUT2D eigenvalue weighted by atomic mass is 10.3. The second kappa shape index (κ2) is 7.09. The molecule has 0 radical (unpaired) electrons. The molecule has 1 aromatic heterocycles. The van der Waals surface area contributed by atoms with Crippen molar-refractivity contribution in [2.75, 3.05) is 11.9 Å². The van der Waals surface area contributed by atoms with Crippen LogP contribution in [0.4, 0.5) is 5.82 Å². The summed E-state index contributed by atoms with van der Waals surface area (Å²) in [4.78, 5) is 11.6. The average Bonchev–Trinajstić information content (AvgIpc) is 2.82. The van der Waals surface area contributed by atoms with Crippen LogP contribution < -0.4 is 10.1 Å². The summed E-state index contributed by atoms with van der Waals surface area (Å²) < 4.78 is 11.4. The van der Waals surface area contributed by atoms with Gasteiger partial charge in [0.15, 0.2) is 5.82 Å². The Hall–Kier alpha value is -1.82. The zero-order valence-corrected chi connectivity index (χ0v) is 12.6. The molecule has 2 aromatic rings. The maximum atomic E-state index is 11.6. The van der Waals surface area contributed by atoms with Gasteiger partial charge in [0.05, 0.1) is 6.61 Å². The van der Waals surface area contributed by atoms with Gasteiger partial charge in [-0.2, -0.15) is 0 Å². The van der Waals surface area contributed by atoms with E-state index in [-0.39, 0.29) is 5.91 Å². The summed E-state index contributed by atoms with van der Waals surface area (Å²) in [5.41, 5.74) is 0. The molecule has 0 aliphatic rings. The topological polar surface area (TPSA) is 64.4 Å². The number of anilines is 1. The maximum Gasteiger partial charge on any atom is 0.225 e. The van der Waals surface area contributed by atoms with Crippen LogP contribution in [0.1, 0.15) is 18.6 Å². The number of aromatic nitrogens is 1. The average molecular weight is 339 g/mol. The van der Waals surface area contributed by atoms with Crippen LogP contribution in [-0.2, 0) is 4.79 Å². The van der Waals surface area contributed by atoms with E-state index in [0.29, 0.717) is 31.0 Å². The molecule has 0 fully saturated rings. The van der Waals surface area contributed by atoms with Gasteiger partial charge >= 0.3 is 0 Å². The van der Waals surface area contributed by atoms with Gasteiger partial charge in [0, 0.05) is 17.0 Å².